The van der Waals surface area contributed by atoms with Gasteiger partial charge in [0, 0.05) is 23.7 Å². The number of amides is 2. The Morgan fingerprint density at radius 1 is 0.706 bits per heavy atom. The molecule has 0 aliphatic rings. The average Bonchev–Trinajstić information content (AvgIpc) is 2.78. The summed E-state index contributed by atoms with van der Waals surface area (Å²) < 4.78 is 0. The van der Waals surface area contributed by atoms with E-state index in [1.165, 1.54) is 0 Å². The molecule has 0 radical (unpaired) electrons. The number of aliphatic carboxylic acids is 4. The van der Waals surface area contributed by atoms with Crippen LogP contribution in [0.2, 0.25) is 0 Å². The highest BCUT2D eigenvalue weighted by atomic mass is 32.1. The lowest BCUT2D eigenvalue weighted by molar-refractivity contribution is -0.139. The van der Waals surface area contributed by atoms with Gasteiger partial charge in [-0.25, -0.2) is 0 Å². The third-order valence-electron chi connectivity index (χ3n) is 3.28. The summed E-state index contributed by atoms with van der Waals surface area (Å²) in [5.41, 5.74) is 15.1. The van der Waals surface area contributed by atoms with Crippen LogP contribution in [0.4, 0.5) is 0 Å². The molecule has 0 fully saturated rings. The number of hydrogen-bond acceptors (Lipinski definition) is 12. The van der Waals surface area contributed by atoms with Crippen molar-refractivity contribution < 1.29 is 49.2 Å². The highest BCUT2D eigenvalue weighted by molar-refractivity contribution is 7.80. The largest absolute Gasteiger partial charge is 0.480 e. The Hall–Kier alpha value is -2.25. The van der Waals surface area contributed by atoms with E-state index >= 15 is 0 Å². The van der Waals surface area contributed by atoms with Crippen molar-refractivity contribution in [3.05, 3.63) is 0 Å². The number of nitrogens with one attached hydrogen (secondary N) is 2. The molecule has 0 saturated carbocycles. The molecule has 198 valence electrons. The summed E-state index contributed by atoms with van der Waals surface area (Å²) in [5, 5.41) is 37.4. The molecule has 2 unspecified atom stereocenters. The summed E-state index contributed by atoms with van der Waals surface area (Å²) in [6.45, 7) is -0.567. The number of thiol groups is 3. The van der Waals surface area contributed by atoms with E-state index in [9.17, 15) is 28.8 Å². The zero-order valence-electron chi connectivity index (χ0n) is 17.9. The molecular weight excluding hydrogens is 518 g/mol. The maximum atomic E-state index is 11.5. The second-order valence-electron chi connectivity index (χ2n) is 6.15. The third kappa shape index (κ3) is 21.6. The second kappa shape index (κ2) is 21.3. The summed E-state index contributed by atoms with van der Waals surface area (Å²) >= 11 is 11.2. The van der Waals surface area contributed by atoms with Crippen molar-refractivity contribution in [2.45, 2.75) is 37.0 Å². The fourth-order valence-electron chi connectivity index (χ4n) is 1.31. The minimum atomic E-state index is -1.22. The minimum Gasteiger partial charge on any atom is -0.480 e. The molecule has 0 aliphatic carbocycles. The molecule has 15 nitrogen and oxygen atoms in total. The Labute approximate surface area is 211 Å². The SMILES string of the molecule is NC(CCC(=O)NC(CS)C(=O)NCC(=O)O)C(=O)O.N[C@@H](CS)C(=O)O.N[C@@H](CS)C(=O)O. The Morgan fingerprint density at radius 2 is 1.12 bits per heavy atom. The summed E-state index contributed by atoms with van der Waals surface area (Å²) in [6.07, 6.45) is -0.235. The molecule has 34 heavy (non-hydrogen) atoms. The third-order valence-corrected chi connectivity index (χ3v) is 4.43. The molecule has 0 saturated heterocycles. The zero-order valence-corrected chi connectivity index (χ0v) is 20.5. The van der Waals surface area contributed by atoms with E-state index < -0.39 is 66.4 Å². The van der Waals surface area contributed by atoms with E-state index in [4.69, 9.17) is 37.6 Å². The molecule has 0 aliphatic heterocycles. The summed E-state index contributed by atoms with van der Waals surface area (Å²) in [6, 6.07) is -3.78. The number of nitrogens with two attached hydrogens (primary N) is 3. The second-order valence-corrected chi connectivity index (χ2v) is 7.25. The van der Waals surface area contributed by atoms with Crippen LogP contribution in [0.5, 0.6) is 0 Å². The molecule has 2 amide bonds. The van der Waals surface area contributed by atoms with Crippen molar-refractivity contribution >= 4 is 73.6 Å². The molecule has 0 rings (SSSR count). The molecular formula is C16H31N5O10S3. The van der Waals surface area contributed by atoms with Gasteiger partial charge in [-0.2, -0.15) is 37.9 Å². The van der Waals surface area contributed by atoms with E-state index in [1.54, 1.807) is 0 Å². The maximum absolute atomic E-state index is 11.5. The fourth-order valence-corrected chi connectivity index (χ4v) is 1.88. The first-order valence-corrected chi connectivity index (χ1v) is 11.1. The summed E-state index contributed by atoms with van der Waals surface area (Å²) in [4.78, 5) is 63.3. The highest BCUT2D eigenvalue weighted by Crippen LogP contribution is 1.97. The normalized spacial score (nSPS) is 13.2. The molecule has 4 atom stereocenters. The Bertz CT molecular complexity index is 666. The minimum absolute atomic E-state index is 0.0256. The molecule has 0 spiro atoms. The molecule has 0 aromatic heterocycles. The number of carboxylic acid groups (broad SMARTS) is 4. The van der Waals surface area contributed by atoms with Gasteiger partial charge in [0.25, 0.3) is 0 Å². The number of rotatable bonds is 13. The van der Waals surface area contributed by atoms with E-state index in [-0.39, 0.29) is 30.1 Å². The van der Waals surface area contributed by atoms with Crippen LogP contribution in [0.1, 0.15) is 12.8 Å². The summed E-state index contributed by atoms with van der Waals surface area (Å²) in [5.74, 6) is -5.33. The van der Waals surface area contributed by atoms with Gasteiger partial charge in [-0.05, 0) is 6.42 Å². The number of carbonyl (C=O) groups excluding carboxylic acids is 2. The first kappa shape index (κ1) is 36.3. The van der Waals surface area contributed by atoms with Crippen LogP contribution in [-0.4, -0.2) is 104 Å². The molecule has 0 aromatic carbocycles. The predicted molar refractivity (Wildman–Crippen MR) is 130 cm³/mol. The number of carboxylic acids is 4. The lowest BCUT2D eigenvalue weighted by Gasteiger charge is -2.16. The van der Waals surface area contributed by atoms with Gasteiger partial charge < -0.3 is 48.3 Å². The van der Waals surface area contributed by atoms with Crippen molar-refractivity contribution in [1.82, 2.24) is 10.6 Å². The lowest BCUT2D eigenvalue weighted by atomic mass is 10.1. The smallest absolute Gasteiger partial charge is 0.322 e. The molecule has 0 aromatic rings. The van der Waals surface area contributed by atoms with Gasteiger partial charge >= 0.3 is 23.9 Å². The molecule has 0 bridgehead atoms. The Morgan fingerprint density at radius 3 is 1.38 bits per heavy atom. The van der Waals surface area contributed by atoms with Crippen molar-refractivity contribution in [1.29, 1.82) is 0 Å². The van der Waals surface area contributed by atoms with Crippen molar-refractivity contribution in [3.63, 3.8) is 0 Å². The maximum Gasteiger partial charge on any atom is 0.322 e. The Balaban J connectivity index is -0.000000558. The van der Waals surface area contributed by atoms with Gasteiger partial charge in [-0.15, -0.1) is 0 Å². The number of carbonyl (C=O) groups is 6. The monoisotopic (exact) mass is 549 g/mol. The van der Waals surface area contributed by atoms with Crippen LogP contribution < -0.4 is 27.8 Å². The van der Waals surface area contributed by atoms with Crippen LogP contribution in [0.25, 0.3) is 0 Å². The molecule has 18 heteroatoms. The van der Waals surface area contributed by atoms with Gasteiger partial charge in [-0.3, -0.25) is 28.8 Å². The highest BCUT2D eigenvalue weighted by Gasteiger charge is 2.21. The van der Waals surface area contributed by atoms with E-state index in [1.807, 2.05) is 0 Å². The molecule has 12 N–H and O–H groups in total. The standard InChI is InChI=1S/C10H17N3O6S.2C3H7NO2S/c11-5(10(18)19)1-2-7(14)13-6(4-20)9(17)12-3-8(15)16;2*4-2(1-7)3(5)6/h5-6,20H,1-4,11H2,(H,12,17)(H,13,14)(H,15,16)(H,18,19);2*2,7H,1,4H2,(H,5,6)/t;2*2-/m.00/s1. The van der Waals surface area contributed by atoms with Crippen LogP contribution in [0.3, 0.4) is 0 Å². The first-order chi connectivity index (χ1) is 15.6. The van der Waals surface area contributed by atoms with Crippen molar-refractivity contribution in [2.75, 3.05) is 23.8 Å². The summed E-state index contributed by atoms with van der Waals surface area (Å²) in [7, 11) is 0. The quantitative estimate of drug-likeness (QED) is 0.0992. The van der Waals surface area contributed by atoms with E-state index in [0.29, 0.717) is 0 Å². The fraction of sp³-hybridized carbons (Fsp3) is 0.625. The van der Waals surface area contributed by atoms with Gasteiger partial charge in [0.15, 0.2) is 0 Å². The van der Waals surface area contributed by atoms with Crippen LogP contribution in [-0.2, 0) is 28.8 Å². The Kier molecular flexibility index (Phi) is 22.7. The van der Waals surface area contributed by atoms with Gasteiger partial charge in [0.05, 0.1) is 0 Å². The molecule has 0 heterocycles. The van der Waals surface area contributed by atoms with Crippen LogP contribution >= 0.6 is 37.9 Å². The van der Waals surface area contributed by atoms with Gasteiger partial charge in [0.1, 0.15) is 30.7 Å². The van der Waals surface area contributed by atoms with Gasteiger partial charge in [0.2, 0.25) is 11.8 Å². The lowest BCUT2D eigenvalue weighted by Crippen LogP contribution is -2.49. The average molecular weight is 550 g/mol. The van der Waals surface area contributed by atoms with E-state index in [2.05, 4.69) is 48.5 Å². The van der Waals surface area contributed by atoms with Gasteiger partial charge in [-0.1, -0.05) is 0 Å². The van der Waals surface area contributed by atoms with Crippen molar-refractivity contribution in [2.24, 2.45) is 17.2 Å². The topological polar surface area (TPSA) is 285 Å². The van der Waals surface area contributed by atoms with Crippen LogP contribution in [0.15, 0.2) is 0 Å². The first-order valence-electron chi connectivity index (χ1n) is 9.20. The van der Waals surface area contributed by atoms with Crippen LogP contribution in [0, 0.1) is 0 Å². The predicted octanol–water partition coefficient (Wildman–Crippen LogP) is -3.55. The van der Waals surface area contributed by atoms with E-state index in [0.717, 1.165) is 0 Å². The number of hydrogen-bond donors (Lipinski definition) is 12. The van der Waals surface area contributed by atoms with Crippen molar-refractivity contribution in [3.8, 4) is 0 Å². The zero-order chi connectivity index (χ0) is 27.4.